The molecule has 2 N–H and O–H groups in total. The highest BCUT2D eigenvalue weighted by atomic mass is 19.1. The molecule has 1 fully saturated rings. The highest BCUT2D eigenvalue weighted by molar-refractivity contribution is 5.35. The molecule has 1 saturated carbocycles. The highest BCUT2D eigenvalue weighted by Gasteiger charge is 2.44. The van der Waals surface area contributed by atoms with Crippen LogP contribution in [0.4, 0.5) is 4.39 Å². The topological polar surface area (TPSA) is 26.0 Å². The van der Waals surface area contributed by atoms with Crippen molar-refractivity contribution in [3.63, 3.8) is 0 Å². The molecule has 2 aromatic rings. The fourth-order valence-electron chi connectivity index (χ4n) is 3.13. The second kappa shape index (κ2) is 4.78. The molecule has 2 heteroatoms. The first-order valence-corrected chi connectivity index (χ1v) is 6.79. The predicted molar refractivity (Wildman–Crippen MR) is 75.3 cm³/mol. The quantitative estimate of drug-likeness (QED) is 0.883. The first-order valence-electron chi connectivity index (χ1n) is 6.79. The van der Waals surface area contributed by atoms with Crippen LogP contribution in [0.5, 0.6) is 0 Å². The van der Waals surface area contributed by atoms with Gasteiger partial charge in [-0.1, -0.05) is 48.9 Å². The molecule has 1 atom stereocenters. The molecule has 3 rings (SSSR count). The molecule has 0 aromatic heterocycles. The van der Waals surface area contributed by atoms with Crippen LogP contribution in [0, 0.1) is 5.82 Å². The molecule has 0 spiro atoms. The molecule has 19 heavy (non-hydrogen) atoms. The predicted octanol–water partition coefficient (Wildman–Crippen LogP) is 3.95. The van der Waals surface area contributed by atoms with E-state index < -0.39 is 0 Å². The molecule has 0 aliphatic heterocycles. The van der Waals surface area contributed by atoms with Crippen LogP contribution in [-0.4, -0.2) is 0 Å². The lowest BCUT2D eigenvalue weighted by atomic mass is 9.59. The summed E-state index contributed by atoms with van der Waals surface area (Å²) in [5, 5.41) is 0. The minimum atomic E-state index is -0.213. The SMILES string of the molecule is NC(c1cccc(F)c1)C1(c2ccccc2)CCC1. The van der Waals surface area contributed by atoms with Crippen LogP contribution in [0.1, 0.15) is 36.4 Å². The van der Waals surface area contributed by atoms with Crippen molar-refractivity contribution >= 4 is 0 Å². The van der Waals surface area contributed by atoms with Gasteiger partial charge in [-0.15, -0.1) is 0 Å². The van der Waals surface area contributed by atoms with E-state index in [0.717, 1.165) is 18.4 Å². The Labute approximate surface area is 113 Å². The van der Waals surface area contributed by atoms with Crippen molar-refractivity contribution in [2.24, 2.45) is 5.73 Å². The summed E-state index contributed by atoms with van der Waals surface area (Å²) in [6.45, 7) is 0. The Morgan fingerprint density at radius 2 is 1.74 bits per heavy atom. The van der Waals surface area contributed by atoms with Crippen LogP contribution < -0.4 is 5.73 Å². The summed E-state index contributed by atoms with van der Waals surface area (Å²) >= 11 is 0. The van der Waals surface area contributed by atoms with E-state index in [0.29, 0.717) is 0 Å². The average Bonchev–Trinajstić information content (AvgIpc) is 2.38. The van der Waals surface area contributed by atoms with E-state index in [4.69, 9.17) is 5.73 Å². The van der Waals surface area contributed by atoms with Gasteiger partial charge in [0.05, 0.1) is 0 Å². The average molecular weight is 255 g/mol. The van der Waals surface area contributed by atoms with Gasteiger partial charge in [0.2, 0.25) is 0 Å². The molecule has 1 unspecified atom stereocenters. The molecule has 0 radical (unpaired) electrons. The number of halogens is 1. The maximum atomic E-state index is 13.4. The van der Waals surface area contributed by atoms with Gasteiger partial charge in [0.15, 0.2) is 0 Å². The summed E-state index contributed by atoms with van der Waals surface area (Å²) in [5.41, 5.74) is 8.62. The van der Waals surface area contributed by atoms with Crippen LogP contribution in [0.15, 0.2) is 54.6 Å². The van der Waals surface area contributed by atoms with Gasteiger partial charge >= 0.3 is 0 Å². The summed E-state index contributed by atoms with van der Waals surface area (Å²) in [6.07, 6.45) is 3.35. The monoisotopic (exact) mass is 255 g/mol. The number of nitrogens with two attached hydrogens (primary N) is 1. The number of benzene rings is 2. The van der Waals surface area contributed by atoms with Gasteiger partial charge < -0.3 is 5.73 Å². The second-order valence-electron chi connectivity index (χ2n) is 5.41. The van der Waals surface area contributed by atoms with Gasteiger partial charge in [-0.05, 0) is 36.1 Å². The molecular formula is C17H18FN. The first-order chi connectivity index (χ1) is 9.22. The Kier molecular flexibility index (Phi) is 3.11. The van der Waals surface area contributed by atoms with Crippen molar-refractivity contribution in [3.8, 4) is 0 Å². The fourth-order valence-corrected chi connectivity index (χ4v) is 3.13. The van der Waals surface area contributed by atoms with Crippen LogP contribution >= 0.6 is 0 Å². The molecule has 98 valence electrons. The summed E-state index contributed by atoms with van der Waals surface area (Å²) in [4.78, 5) is 0. The van der Waals surface area contributed by atoms with Crippen molar-refractivity contribution in [2.75, 3.05) is 0 Å². The number of hydrogen-bond donors (Lipinski definition) is 1. The zero-order chi connectivity index (χ0) is 13.3. The zero-order valence-corrected chi connectivity index (χ0v) is 10.9. The van der Waals surface area contributed by atoms with E-state index in [9.17, 15) is 4.39 Å². The van der Waals surface area contributed by atoms with Gasteiger partial charge in [-0.3, -0.25) is 0 Å². The summed E-state index contributed by atoms with van der Waals surface area (Å²) in [5.74, 6) is -0.213. The van der Waals surface area contributed by atoms with E-state index in [1.165, 1.54) is 18.1 Å². The van der Waals surface area contributed by atoms with Crippen molar-refractivity contribution in [1.29, 1.82) is 0 Å². The smallest absolute Gasteiger partial charge is 0.123 e. The van der Waals surface area contributed by atoms with Gasteiger partial charge in [-0.2, -0.15) is 0 Å². The lowest BCUT2D eigenvalue weighted by Crippen LogP contribution is -2.44. The Balaban J connectivity index is 1.99. The van der Waals surface area contributed by atoms with Crippen LogP contribution in [0.2, 0.25) is 0 Å². The Morgan fingerprint density at radius 1 is 1.00 bits per heavy atom. The summed E-state index contributed by atoms with van der Waals surface area (Å²) in [7, 11) is 0. The van der Waals surface area contributed by atoms with Crippen LogP contribution in [0.3, 0.4) is 0 Å². The van der Waals surface area contributed by atoms with Crippen LogP contribution in [0.25, 0.3) is 0 Å². The minimum Gasteiger partial charge on any atom is -0.323 e. The lowest BCUT2D eigenvalue weighted by molar-refractivity contribution is 0.196. The van der Waals surface area contributed by atoms with Gasteiger partial charge in [0, 0.05) is 11.5 Å². The maximum absolute atomic E-state index is 13.4. The lowest BCUT2D eigenvalue weighted by Gasteiger charge is -2.47. The molecule has 1 aliphatic carbocycles. The highest BCUT2D eigenvalue weighted by Crippen LogP contribution is 2.51. The molecular weight excluding hydrogens is 237 g/mol. The van der Waals surface area contributed by atoms with E-state index in [2.05, 4.69) is 12.1 Å². The normalized spacial score (nSPS) is 18.6. The van der Waals surface area contributed by atoms with E-state index >= 15 is 0 Å². The molecule has 0 heterocycles. The summed E-state index contributed by atoms with van der Waals surface area (Å²) < 4.78 is 13.4. The van der Waals surface area contributed by atoms with Gasteiger partial charge in [-0.25, -0.2) is 4.39 Å². The molecule has 1 nitrogen and oxygen atoms in total. The minimum absolute atomic E-state index is 0.0188. The van der Waals surface area contributed by atoms with E-state index in [1.54, 1.807) is 12.1 Å². The van der Waals surface area contributed by atoms with Gasteiger partial charge in [0.1, 0.15) is 5.82 Å². The Bertz CT molecular complexity index is 560. The third-order valence-corrected chi connectivity index (χ3v) is 4.40. The van der Waals surface area contributed by atoms with Crippen molar-refractivity contribution in [2.45, 2.75) is 30.7 Å². The number of hydrogen-bond acceptors (Lipinski definition) is 1. The van der Waals surface area contributed by atoms with E-state index in [-0.39, 0.29) is 17.3 Å². The van der Waals surface area contributed by atoms with E-state index in [1.807, 2.05) is 24.3 Å². The molecule has 0 bridgehead atoms. The van der Waals surface area contributed by atoms with Crippen LogP contribution in [-0.2, 0) is 5.41 Å². The largest absolute Gasteiger partial charge is 0.323 e. The van der Waals surface area contributed by atoms with Crippen molar-refractivity contribution in [1.82, 2.24) is 0 Å². The molecule has 0 amide bonds. The Morgan fingerprint density at radius 3 is 2.32 bits per heavy atom. The van der Waals surface area contributed by atoms with Crippen molar-refractivity contribution in [3.05, 3.63) is 71.5 Å². The standard InChI is InChI=1S/C17H18FN/c18-15-9-4-6-13(12-15)16(19)17(10-5-11-17)14-7-2-1-3-8-14/h1-4,6-9,12,16H,5,10-11,19H2. The molecule has 1 aliphatic rings. The fraction of sp³-hybridized carbons (Fsp3) is 0.294. The third-order valence-electron chi connectivity index (χ3n) is 4.40. The summed E-state index contributed by atoms with van der Waals surface area (Å²) in [6, 6.07) is 16.9. The first kappa shape index (κ1) is 12.4. The Hall–Kier alpha value is -1.67. The molecule has 2 aromatic carbocycles. The van der Waals surface area contributed by atoms with Crippen molar-refractivity contribution < 1.29 is 4.39 Å². The second-order valence-corrected chi connectivity index (χ2v) is 5.41. The van der Waals surface area contributed by atoms with Gasteiger partial charge in [0.25, 0.3) is 0 Å². The number of rotatable bonds is 3. The third kappa shape index (κ3) is 2.06. The zero-order valence-electron chi connectivity index (χ0n) is 10.9. The molecule has 0 saturated heterocycles. The maximum Gasteiger partial charge on any atom is 0.123 e.